The maximum Gasteiger partial charge on any atom is 0.191 e. The Bertz CT molecular complexity index is 535. The number of aliphatic imine (C=N–C) groups is 1. The molecule has 1 aromatic heterocycles. The molecule has 26 heavy (non-hydrogen) atoms. The van der Waals surface area contributed by atoms with Crippen molar-refractivity contribution in [2.75, 3.05) is 46.6 Å². The molecule has 2 aliphatic rings. The third-order valence-corrected chi connectivity index (χ3v) is 5.65. The van der Waals surface area contributed by atoms with Crippen molar-refractivity contribution in [3.63, 3.8) is 0 Å². The molecule has 1 unspecified atom stereocenters. The van der Waals surface area contributed by atoms with E-state index in [-0.39, 0.29) is 0 Å². The molecular formula is C20H33N3O3. The number of methoxy groups -OCH3 is 1. The van der Waals surface area contributed by atoms with Gasteiger partial charge < -0.3 is 24.5 Å². The third kappa shape index (κ3) is 5.74. The molecule has 0 aromatic carbocycles. The Hall–Kier alpha value is -1.53. The molecule has 1 aliphatic carbocycles. The van der Waals surface area contributed by atoms with Crippen LogP contribution in [0, 0.1) is 11.3 Å². The summed E-state index contributed by atoms with van der Waals surface area (Å²) >= 11 is 0. The van der Waals surface area contributed by atoms with Crippen LogP contribution in [0.15, 0.2) is 27.8 Å². The predicted molar refractivity (Wildman–Crippen MR) is 102 cm³/mol. The van der Waals surface area contributed by atoms with E-state index in [1.807, 2.05) is 12.1 Å². The molecule has 1 aliphatic heterocycles. The van der Waals surface area contributed by atoms with Crippen LogP contribution in [0.2, 0.25) is 0 Å². The van der Waals surface area contributed by atoms with Crippen molar-refractivity contribution in [2.24, 2.45) is 16.3 Å². The minimum atomic E-state index is 0.335. The zero-order valence-electron chi connectivity index (χ0n) is 16.0. The number of hydrogen-bond acceptors (Lipinski definition) is 4. The third-order valence-electron chi connectivity index (χ3n) is 5.65. The Kier molecular flexibility index (Phi) is 7.38. The number of ether oxygens (including phenoxy) is 2. The van der Waals surface area contributed by atoms with Crippen molar-refractivity contribution in [2.45, 2.75) is 38.5 Å². The van der Waals surface area contributed by atoms with Crippen LogP contribution >= 0.6 is 0 Å². The molecule has 0 spiro atoms. The first-order valence-corrected chi connectivity index (χ1v) is 9.91. The molecule has 1 atom stereocenters. The van der Waals surface area contributed by atoms with Gasteiger partial charge in [-0.3, -0.25) is 4.99 Å². The molecule has 6 nitrogen and oxygen atoms in total. The van der Waals surface area contributed by atoms with E-state index < -0.39 is 0 Å². The summed E-state index contributed by atoms with van der Waals surface area (Å²) in [5.41, 5.74) is 0.335. The largest absolute Gasteiger partial charge is 0.469 e. The van der Waals surface area contributed by atoms with Gasteiger partial charge in [0.05, 0.1) is 12.9 Å². The molecule has 2 heterocycles. The molecule has 2 fully saturated rings. The first kappa shape index (κ1) is 19.2. The first-order valence-electron chi connectivity index (χ1n) is 9.91. The smallest absolute Gasteiger partial charge is 0.191 e. The Morgan fingerprint density at radius 1 is 1.38 bits per heavy atom. The maximum atomic E-state index is 5.48. The van der Waals surface area contributed by atoms with Gasteiger partial charge >= 0.3 is 0 Å². The monoisotopic (exact) mass is 363 g/mol. The lowest BCUT2D eigenvalue weighted by Crippen LogP contribution is -2.42. The normalized spacial score (nSPS) is 22.2. The summed E-state index contributed by atoms with van der Waals surface area (Å²) < 4.78 is 16.2. The lowest BCUT2D eigenvalue weighted by Gasteiger charge is -2.40. The summed E-state index contributed by atoms with van der Waals surface area (Å²) in [5, 5.41) is 6.98. The van der Waals surface area contributed by atoms with Crippen LogP contribution in [0.5, 0.6) is 0 Å². The quantitative estimate of drug-likeness (QED) is 0.494. The SMILES string of the molecule is COCCC1(CN=C(NCCc2ccco2)NCC2CCOC2)CCC1. The molecule has 146 valence electrons. The summed E-state index contributed by atoms with van der Waals surface area (Å²) in [5.74, 6) is 2.49. The number of furan rings is 1. The molecule has 1 saturated carbocycles. The van der Waals surface area contributed by atoms with E-state index >= 15 is 0 Å². The Morgan fingerprint density at radius 2 is 2.31 bits per heavy atom. The Balaban J connectivity index is 1.51. The van der Waals surface area contributed by atoms with Gasteiger partial charge in [0.25, 0.3) is 0 Å². The maximum absolute atomic E-state index is 5.48. The molecule has 0 bridgehead atoms. The molecule has 6 heteroatoms. The Labute approximate surface area is 156 Å². The highest BCUT2D eigenvalue weighted by molar-refractivity contribution is 5.79. The molecule has 0 amide bonds. The highest BCUT2D eigenvalue weighted by atomic mass is 16.5. The molecule has 1 saturated heterocycles. The summed E-state index contributed by atoms with van der Waals surface area (Å²) in [7, 11) is 1.78. The van der Waals surface area contributed by atoms with Crippen LogP contribution in [0.1, 0.15) is 37.9 Å². The fourth-order valence-corrected chi connectivity index (χ4v) is 3.65. The van der Waals surface area contributed by atoms with Gasteiger partial charge in [-0.05, 0) is 43.2 Å². The summed E-state index contributed by atoms with van der Waals surface area (Å²) in [6.07, 6.45) is 8.64. The molecule has 1 aromatic rings. The van der Waals surface area contributed by atoms with Crippen molar-refractivity contribution < 1.29 is 13.9 Å². The topological polar surface area (TPSA) is 68.0 Å². The van der Waals surface area contributed by atoms with Crippen LogP contribution in [0.3, 0.4) is 0 Å². The molecular weight excluding hydrogens is 330 g/mol. The van der Waals surface area contributed by atoms with Crippen LogP contribution in [-0.4, -0.2) is 52.5 Å². The molecule has 3 rings (SSSR count). The number of nitrogens with zero attached hydrogens (tertiary/aromatic N) is 1. The minimum absolute atomic E-state index is 0.335. The van der Waals surface area contributed by atoms with Gasteiger partial charge in [-0.25, -0.2) is 0 Å². The average molecular weight is 364 g/mol. The number of guanidine groups is 1. The van der Waals surface area contributed by atoms with Crippen LogP contribution < -0.4 is 10.6 Å². The molecule has 0 radical (unpaired) electrons. The van der Waals surface area contributed by atoms with Gasteiger partial charge in [-0.15, -0.1) is 0 Å². The van der Waals surface area contributed by atoms with Crippen molar-refractivity contribution in [1.29, 1.82) is 0 Å². The summed E-state index contributed by atoms with van der Waals surface area (Å²) in [6.45, 7) is 5.15. The summed E-state index contributed by atoms with van der Waals surface area (Å²) in [6, 6.07) is 3.94. The standard InChI is InChI=1S/C20H33N3O3/c1-24-13-9-20(7-3-8-20)16-23-19(22-14-17-6-12-25-15-17)21-10-5-18-4-2-11-26-18/h2,4,11,17H,3,5-10,12-16H2,1H3,(H2,21,22,23). The van der Waals surface area contributed by atoms with Gasteiger partial charge in [0.15, 0.2) is 5.96 Å². The van der Waals surface area contributed by atoms with Gasteiger partial charge in [-0.1, -0.05) is 6.42 Å². The van der Waals surface area contributed by atoms with Gasteiger partial charge in [0.1, 0.15) is 5.76 Å². The second-order valence-corrected chi connectivity index (χ2v) is 7.63. The van der Waals surface area contributed by atoms with Crippen LogP contribution in [0.25, 0.3) is 0 Å². The zero-order valence-corrected chi connectivity index (χ0v) is 16.0. The van der Waals surface area contributed by atoms with Crippen molar-refractivity contribution in [1.82, 2.24) is 10.6 Å². The van der Waals surface area contributed by atoms with E-state index in [0.29, 0.717) is 11.3 Å². The highest BCUT2D eigenvalue weighted by Crippen LogP contribution is 2.44. The Morgan fingerprint density at radius 3 is 2.96 bits per heavy atom. The van der Waals surface area contributed by atoms with Crippen molar-refractivity contribution in [3.8, 4) is 0 Å². The van der Waals surface area contributed by atoms with Crippen LogP contribution in [0.4, 0.5) is 0 Å². The fourth-order valence-electron chi connectivity index (χ4n) is 3.65. The van der Waals surface area contributed by atoms with Gasteiger partial charge in [0.2, 0.25) is 0 Å². The van der Waals surface area contributed by atoms with E-state index in [9.17, 15) is 0 Å². The second kappa shape index (κ2) is 9.97. The number of hydrogen-bond donors (Lipinski definition) is 2. The van der Waals surface area contributed by atoms with Crippen molar-refractivity contribution in [3.05, 3.63) is 24.2 Å². The fraction of sp³-hybridized carbons (Fsp3) is 0.750. The van der Waals surface area contributed by atoms with Gasteiger partial charge in [0, 0.05) is 52.3 Å². The number of rotatable bonds is 10. The average Bonchev–Trinajstić information content (AvgIpc) is 3.31. The second-order valence-electron chi connectivity index (χ2n) is 7.63. The van der Waals surface area contributed by atoms with E-state index in [1.54, 1.807) is 13.4 Å². The van der Waals surface area contributed by atoms with Crippen LogP contribution in [-0.2, 0) is 15.9 Å². The summed E-state index contributed by atoms with van der Waals surface area (Å²) in [4.78, 5) is 4.92. The van der Waals surface area contributed by atoms with E-state index in [2.05, 4.69) is 10.6 Å². The number of nitrogens with one attached hydrogen (secondary N) is 2. The van der Waals surface area contributed by atoms with E-state index in [4.69, 9.17) is 18.9 Å². The predicted octanol–water partition coefficient (Wildman–Crippen LogP) is 2.60. The van der Waals surface area contributed by atoms with Crippen molar-refractivity contribution >= 4 is 5.96 Å². The highest BCUT2D eigenvalue weighted by Gasteiger charge is 2.36. The lowest BCUT2D eigenvalue weighted by atomic mass is 9.67. The van der Waals surface area contributed by atoms with E-state index in [0.717, 1.165) is 70.4 Å². The van der Waals surface area contributed by atoms with Gasteiger partial charge in [-0.2, -0.15) is 0 Å². The lowest BCUT2D eigenvalue weighted by molar-refractivity contribution is 0.0778. The minimum Gasteiger partial charge on any atom is -0.469 e. The first-order chi connectivity index (χ1) is 12.8. The zero-order chi connectivity index (χ0) is 18.1. The molecule has 2 N–H and O–H groups in total. The van der Waals surface area contributed by atoms with E-state index in [1.165, 1.54) is 19.3 Å².